The van der Waals surface area contributed by atoms with E-state index in [-0.39, 0.29) is 17.6 Å². The summed E-state index contributed by atoms with van der Waals surface area (Å²) in [6.45, 7) is 0.302. The molecule has 2 aromatic heterocycles. The number of pyridine rings is 1. The third-order valence-corrected chi connectivity index (χ3v) is 5.11. The van der Waals surface area contributed by atoms with Gasteiger partial charge in [-0.15, -0.1) is 0 Å². The number of halogens is 1. The number of nitrogens with one attached hydrogen (secondary N) is 1. The fourth-order valence-electron chi connectivity index (χ4n) is 3.61. The second-order valence-electron chi connectivity index (χ2n) is 7.25. The first-order valence-electron chi connectivity index (χ1n) is 9.37. The first kappa shape index (κ1) is 18.9. The van der Waals surface area contributed by atoms with Gasteiger partial charge >= 0.3 is 0 Å². The number of likely N-dealkylation sites (N-methyl/N-ethyl adjacent to an activating group) is 1. The normalized spacial score (nSPS) is 13.6. The Hall–Kier alpha value is -3.48. The molecule has 1 aromatic carbocycles. The first-order chi connectivity index (χ1) is 13.9. The third-order valence-electron chi connectivity index (χ3n) is 5.11. The van der Waals surface area contributed by atoms with Crippen molar-refractivity contribution in [1.82, 2.24) is 14.5 Å². The minimum absolute atomic E-state index is 0.0324. The largest absolute Gasteiger partial charge is 0.350 e. The van der Waals surface area contributed by atoms with E-state index in [2.05, 4.69) is 10.3 Å². The SMILES string of the molecule is CN(Cc1cn(C)c2cccc(F)c12)C(=O)/C=C/c1cnc2c(c1)CCC(=O)N2. The van der Waals surface area contributed by atoms with Gasteiger partial charge in [0.15, 0.2) is 0 Å². The number of aryl methyl sites for hydroxylation is 2. The van der Waals surface area contributed by atoms with Crippen molar-refractivity contribution in [3.05, 3.63) is 65.2 Å². The Kier molecular flexibility index (Phi) is 4.88. The highest BCUT2D eigenvalue weighted by Gasteiger charge is 2.16. The molecular weight excluding hydrogens is 371 g/mol. The number of amides is 2. The summed E-state index contributed by atoms with van der Waals surface area (Å²) in [5.41, 5.74) is 3.30. The Morgan fingerprint density at radius 1 is 1.38 bits per heavy atom. The van der Waals surface area contributed by atoms with Gasteiger partial charge in [-0.05, 0) is 47.4 Å². The summed E-state index contributed by atoms with van der Waals surface area (Å²) in [5, 5.41) is 3.28. The number of hydrogen-bond donors (Lipinski definition) is 1. The standard InChI is InChI=1S/C22H21FN4O2/c1-26-12-16(21-17(23)4-3-5-18(21)26)13-27(2)20(29)9-6-14-10-15-7-8-19(28)25-22(15)24-11-14/h3-6,9-12H,7-8,13H2,1-2H3,(H,24,25,28)/b9-6+. The summed E-state index contributed by atoms with van der Waals surface area (Å²) in [6, 6.07) is 6.89. The van der Waals surface area contributed by atoms with Gasteiger partial charge < -0.3 is 14.8 Å². The van der Waals surface area contributed by atoms with Crippen molar-refractivity contribution < 1.29 is 14.0 Å². The first-order valence-corrected chi connectivity index (χ1v) is 9.37. The van der Waals surface area contributed by atoms with E-state index in [1.807, 2.05) is 29.9 Å². The molecule has 148 valence electrons. The van der Waals surface area contributed by atoms with Gasteiger partial charge in [-0.3, -0.25) is 9.59 Å². The molecule has 4 rings (SSSR count). The van der Waals surface area contributed by atoms with Gasteiger partial charge in [-0.2, -0.15) is 0 Å². The number of rotatable bonds is 4. The molecule has 1 aliphatic rings. The summed E-state index contributed by atoms with van der Waals surface area (Å²) < 4.78 is 16.1. The van der Waals surface area contributed by atoms with Crippen LogP contribution >= 0.6 is 0 Å². The van der Waals surface area contributed by atoms with Crippen LogP contribution in [0.1, 0.15) is 23.1 Å². The van der Waals surface area contributed by atoms with Crippen molar-refractivity contribution in [2.24, 2.45) is 7.05 Å². The van der Waals surface area contributed by atoms with E-state index in [0.717, 1.165) is 22.2 Å². The molecule has 1 aliphatic heterocycles. The molecule has 29 heavy (non-hydrogen) atoms. The third kappa shape index (κ3) is 3.76. The highest BCUT2D eigenvalue weighted by molar-refractivity contribution is 5.94. The van der Waals surface area contributed by atoms with E-state index in [0.29, 0.717) is 30.6 Å². The molecular formula is C22H21FN4O2. The van der Waals surface area contributed by atoms with Crippen molar-refractivity contribution >= 4 is 34.6 Å². The lowest BCUT2D eigenvalue weighted by atomic mass is 10.0. The molecule has 0 spiro atoms. The summed E-state index contributed by atoms with van der Waals surface area (Å²) >= 11 is 0. The van der Waals surface area contributed by atoms with E-state index in [4.69, 9.17) is 0 Å². The number of carbonyl (C=O) groups is 2. The van der Waals surface area contributed by atoms with Crippen LogP contribution in [0.3, 0.4) is 0 Å². The van der Waals surface area contributed by atoms with Crippen LogP contribution in [0.5, 0.6) is 0 Å². The molecule has 0 saturated carbocycles. The van der Waals surface area contributed by atoms with Crippen molar-refractivity contribution in [3.8, 4) is 0 Å². The smallest absolute Gasteiger partial charge is 0.246 e. The van der Waals surface area contributed by atoms with Gasteiger partial charge in [0.2, 0.25) is 11.8 Å². The van der Waals surface area contributed by atoms with Crippen LogP contribution in [0.4, 0.5) is 10.2 Å². The highest BCUT2D eigenvalue weighted by atomic mass is 19.1. The number of benzene rings is 1. The minimum Gasteiger partial charge on any atom is -0.350 e. The summed E-state index contributed by atoms with van der Waals surface area (Å²) in [6.07, 6.45) is 7.72. The van der Waals surface area contributed by atoms with Crippen LogP contribution in [0.25, 0.3) is 17.0 Å². The molecule has 0 radical (unpaired) electrons. The minimum atomic E-state index is -0.290. The Labute approximate surface area is 167 Å². The molecule has 0 atom stereocenters. The second kappa shape index (κ2) is 7.50. The molecule has 3 aromatic rings. The summed E-state index contributed by atoms with van der Waals surface area (Å²) in [5.74, 6) is 0.0703. The molecule has 2 amide bonds. The quantitative estimate of drug-likeness (QED) is 0.693. The predicted molar refractivity (Wildman–Crippen MR) is 110 cm³/mol. The summed E-state index contributed by atoms with van der Waals surface area (Å²) in [4.78, 5) is 29.8. The lowest BCUT2D eigenvalue weighted by Gasteiger charge is -2.16. The molecule has 6 nitrogen and oxygen atoms in total. The number of anilines is 1. The predicted octanol–water partition coefficient (Wildman–Crippen LogP) is 3.27. The van der Waals surface area contributed by atoms with Gasteiger partial charge in [-0.25, -0.2) is 9.37 Å². The van der Waals surface area contributed by atoms with Crippen molar-refractivity contribution in [1.29, 1.82) is 0 Å². The molecule has 0 aliphatic carbocycles. The van der Waals surface area contributed by atoms with E-state index in [1.54, 1.807) is 30.3 Å². The highest BCUT2D eigenvalue weighted by Crippen LogP contribution is 2.25. The molecule has 0 saturated heterocycles. The van der Waals surface area contributed by atoms with E-state index in [9.17, 15) is 14.0 Å². The monoisotopic (exact) mass is 392 g/mol. The number of nitrogens with zero attached hydrogens (tertiary/aromatic N) is 3. The Morgan fingerprint density at radius 2 is 2.21 bits per heavy atom. The zero-order valence-electron chi connectivity index (χ0n) is 16.3. The number of aromatic nitrogens is 2. The van der Waals surface area contributed by atoms with Crippen LogP contribution in [-0.4, -0.2) is 33.3 Å². The summed E-state index contributed by atoms with van der Waals surface area (Å²) in [7, 11) is 3.55. The van der Waals surface area contributed by atoms with Crippen LogP contribution < -0.4 is 5.32 Å². The van der Waals surface area contributed by atoms with Crippen molar-refractivity contribution in [2.45, 2.75) is 19.4 Å². The maximum atomic E-state index is 14.3. The van der Waals surface area contributed by atoms with E-state index in [1.165, 1.54) is 12.1 Å². The lowest BCUT2D eigenvalue weighted by molar-refractivity contribution is -0.125. The van der Waals surface area contributed by atoms with Gasteiger partial charge in [-0.1, -0.05) is 6.07 Å². The van der Waals surface area contributed by atoms with Crippen molar-refractivity contribution in [2.75, 3.05) is 12.4 Å². The maximum Gasteiger partial charge on any atom is 0.246 e. The Balaban J connectivity index is 1.49. The fourth-order valence-corrected chi connectivity index (χ4v) is 3.61. The average molecular weight is 392 g/mol. The van der Waals surface area contributed by atoms with E-state index < -0.39 is 0 Å². The van der Waals surface area contributed by atoms with Crippen LogP contribution in [0, 0.1) is 5.82 Å². The van der Waals surface area contributed by atoms with Crippen LogP contribution in [-0.2, 0) is 29.6 Å². The maximum absolute atomic E-state index is 14.3. The van der Waals surface area contributed by atoms with Crippen LogP contribution in [0.15, 0.2) is 42.7 Å². The molecule has 0 bridgehead atoms. The van der Waals surface area contributed by atoms with Crippen molar-refractivity contribution in [3.63, 3.8) is 0 Å². The molecule has 0 unspecified atom stereocenters. The topological polar surface area (TPSA) is 67.2 Å². The lowest BCUT2D eigenvalue weighted by Crippen LogP contribution is -2.24. The zero-order valence-corrected chi connectivity index (χ0v) is 16.3. The molecule has 1 N–H and O–H groups in total. The molecule has 7 heteroatoms. The van der Waals surface area contributed by atoms with Gasteiger partial charge in [0, 0.05) is 50.9 Å². The Morgan fingerprint density at radius 3 is 3.03 bits per heavy atom. The average Bonchev–Trinajstić information content (AvgIpc) is 3.02. The Bertz CT molecular complexity index is 1150. The fraction of sp³-hybridized carbons (Fsp3) is 0.227. The van der Waals surface area contributed by atoms with Gasteiger partial charge in [0.1, 0.15) is 11.6 Å². The molecule has 3 heterocycles. The van der Waals surface area contributed by atoms with Gasteiger partial charge in [0.05, 0.1) is 5.52 Å². The second-order valence-corrected chi connectivity index (χ2v) is 7.25. The van der Waals surface area contributed by atoms with Crippen LogP contribution in [0.2, 0.25) is 0 Å². The zero-order chi connectivity index (χ0) is 20.5. The number of fused-ring (bicyclic) bond motifs is 2. The number of hydrogen-bond acceptors (Lipinski definition) is 3. The molecule has 0 fully saturated rings. The van der Waals surface area contributed by atoms with E-state index >= 15 is 0 Å². The number of carbonyl (C=O) groups excluding carboxylic acids is 2. The van der Waals surface area contributed by atoms with Gasteiger partial charge in [0.25, 0.3) is 0 Å².